The van der Waals surface area contributed by atoms with E-state index in [1.165, 1.54) is 5.56 Å². The minimum Gasteiger partial charge on any atom is -0.379 e. The molecule has 1 fully saturated rings. The molecular weight excluding hydrogens is 362 g/mol. The van der Waals surface area contributed by atoms with E-state index in [2.05, 4.69) is 39.5 Å². The van der Waals surface area contributed by atoms with Gasteiger partial charge < -0.3 is 10.1 Å². The van der Waals surface area contributed by atoms with Crippen LogP contribution in [0, 0.1) is 4.77 Å². The molecule has 0 spiro atoms. The van der Waals surface area contributed by atoms with Crippen LogP contribution in [0.25, 0.3) is 0 Å². The van der Waals surface area contributed by atoms with Crippen molar-refractivity contribution in [2.24, 2.45) is 0 Å². The van der Waals surface area contributed by atoms with Crippen LogP contribution >= 0.6 is 12.2 Å². The number of hydrogen-bond donors (Lipinski definition) is 2. The summed E-state index contributed by atoms with van der Waals surface area (Å²) in [7, 11) is 0. The van der Waals surface area contributed by atoms with Gasteiger partial charge in [0, 0.05) is 32.6 Å². The van der Waals surface area contributed by atoms with Crippen molar-refractivity contribution < 1.29 is 9.53 Å². The largest absolute Gasteiger partial charge is 0.379 e. The van der Waals surface area contributed by atoms with Crippen LogP contribution in [0.15, 0.2) is 24.3 Å². The number of nitrogens with zero attached hydrogens (tertiary/aromatic N) is 3. The normalized spacial score (nSPS) is 15.0. The van der Waals surface area contributed by atoms with E-state index < -0.39 is 0 Å². The van der Waals surface area contributed by atoms with Crippen LogP contribution in [-0.2, 0) is 35.6 Å². The number of aromatic nitrogens is 3. The van der Waals surface area contributed by atoms with Crippen LogP contribution in [0.4, 0.5) is 0 Å². The molecule has 0 saturated carbocycles. The lowest BCUT2D eigenvalue weighted by molar-refractivity contribution is -0.121. The van der Waals surface area contributed by atoms with Crippen LogP contribution in [0.2, 0.25) is 0 Å². The van der Waals surface area contributed by atoms with Gasteiger partial charge in [-0.25, -0.2) is 0 Å². The van der Waals surface area contributed by atoms with Crippen molar-refractivity contribution in [3.63, 3.8) is 0 Å². The van der Waals surface area contributed by atoms with Crippen molar-refractivity contribution in [1.29, 1.82) is 0 Å². The summed E-state index contributed by atoms with van der Waals surface area (Å²) in [5, 5.41) is 10.0. The Kier molecular flexibility index (Phi) is 7.14. The molecule has 3 rings (SSSR count). The highest BCUT2D eigenvalue weighted by Gasteiger charge is 2.14. The van der Waals surface area contributed by atoms with E-state index in [-0.39, 0.29) is 12.5 Å². The minimum absolute atomic E-state index is 0.0639. The standard InChI is InChI=1S/C19H27N5O2S/c1-2-5-17-21-22-19(27)24(17)14-18(25)20-12-15-6-3-4-7-16(15)13-23-8-10-26-11-9-23/h3-4,6-7H,2,5,8-14H2,1H3,(H,20,25)(H,22,27). The first-order valence-electron chi connectivity index (χ1n) is 9.45. The quantitative estimate of drug-likeness (QED) is 0.676. The lowest BCUT2D eigenvalue weighted by atomic mass is 10.1. The van der Waals surface area contributed by atoms with Gasteiger partial charge in [0.15, 0.2) is 4.77 Å². The van der Waals surface area contributed by atoms with Gasteiger partial charge in [0.2, 0.25) is 5.91 Å². The second kappa shape index (κ2) is 9.77. The van der Waals surface area contributed by atoms with Gasteiger partial charge in [-0.05, 0) is 29.8 Å². The molecule has 1 amide bonds. The van der Waals surface area contributed by atoms with Crippen molar-refractivity contribution in [3.05, 3.63) is 46.0 Å². The zero-order valence-electron chi connectivity index (χ0n) is 15.7. The van der Waals surface area contributed by atoms with E-state index in [0.717, 1.165) is 57.1 Å². The molecule has 1 aromatic carbocycles. The van der Waals surface area contributed by atoms with Crippen LogP contribution in [0.1, 0.15) is 30.3 Å². The Morgan fingerprint density at radius 1 is 1.30 bits per heavy atom. The second-order valence-electron chi connectivity index (χ2n) is 6.72. The smallest absolute Gasteiger partial charge is 0.240 e. The number of carbonyl (C=O) groups excluding carboxylic acids is 1. The number of H-pyrrole nitrogens is 1. The molecular formula is C19H27N5O2S. The lowest BCUT2D eigenvalue weighted by Crippen LogP contribution is -2.36. The van der Waals surface area contributed by atoms with E-state index in [0.29, 0.717) is 11.3 Å². The van der Waals surface area contributed by atoms with Gasteiger partial charge in [-0.2, -0.15) is 5.10 Å². The summed E-state index contributed by atoms with van der Waals surface area (Å²) in [5.41, 5.74) is 2.38. The number of hydrogen-bond acceptors (Lipinski definition) is 5. The van der Waals surface area contributed by atoms with Crippen LogP contribution in [0.5, 0.6) is 0 Å². The maximum atomic E-state index is 12.4. The number of ether oxygens (including phenoxy) is 1. The zero-order valence-corrected chi connectivity index (χ0v) is 16.6. The molecule has 0 radical (unpaired) electrons. The average molecular weight is 390 g/mol. The number of nitrogens with one attached hydrogen (secondary N) is 2. The molecule has 8 heteroatoms. The number of carbonyl (C=O) groups is 1. The fourth-order valence-corrected chi connectivity index (χ4v) is 3.42. The first-order valence-corrected chi connectivity index (χ1v) is 9.86. The van der Waals surface area contributed by atoms with Crippen molar-refractivity contribution in [2.75, 3.05) is 26.3 Å². The molecule has 1 aliphatic heterocycles. The van der Waals surface area contributed by atoms with Crippen LogP contribution < -0.4 is 5.32 Å². The summed E-state index contributed by atoms with van der Waals surface area (Å²) >= 11 is 5.24. The lowest BCUT2D eigenvalue weighted by Gasteiger charge is -2.27. The third-order valence-corrected chi connectivity index (χ3v) is 5.02. The van der Waals surface area contributed by atoms with Gasteiger partial charge in [0.05, 0.1) is 13.2 Å². The van der Waals surface area contributed by atoms with Gasteiger partial charge in [0.1, 0.15) is 12.4 Å². The van der Waals surface area contributed by atoms with E-state index >= 15 is 0 Å². The molecule has 1 aliphatic rings. The Morgan fingerprint density at radius 3 is 2.78 bits per heavy atom. The molecule has 0 atom stereocenters. The number of benzene rings is 1. The molecule has 1 aromatic heterocycles. The Labute approximate surface area is 164 Å². The summed E-state index contributed by atoms with van der Waals surface area (Å²) in [5.74, 6) is 0.761. The molecule has 2 N–H and O–H groups in total. The highest BCUT2D eigenvalue weighted by atomic mass is 32.1. The average Bonchev–Trinajstić information content (AvgIpc) is 3.02. The second-order valence-corrected chi connectivity index (χ2v) is 7.10. The van der Waals surface area contributed by atoms with E-state index in [1.54, 1.807) is 4.57 Å². The minimum atomic E-state index is -0.0639. The zero-order chi connectivity index (χ0) is 19.1. The summed E-state index contributed by atoms with van der Waals surface area (Å²) in [6, 6.07) is 8.25. The number of aromatic amines is 1. The molecule has 146 valence electrons. The maximum absolute atomic E-state index is 12.4. The Morgan fingerprint density at radius 2 is 2.04 bits per heavy atom. The SMILES string of the molecule is CCCc1n[nH]c(=S)n1CC(=O)NCc1ccccc1CN1CCOCC1. The van der Waals surface area contributed by atoms with Gasteiger partial charge in [0.25, 0.3) is 0 Å². The molecule has 2 heterocycles. The monoisotopic (exact) mass is 389 g/mol. The summed E-state index contributed by atoms with van der Waals surface area (Å²) in [4.78, 5) is 14.8. The van der Waals surface area contributed by atoms with Gasteiger partial charge in [-0.1, -0.05) is 31.2 Å². The molecule has 0 bridgehead atoms. The van der Waals surface area contributed by atoms with Crippen molar-refractivity contribution >= 4 is 18.1 Å². The summed E-state index contributed by atoms with van der Waals surface area (Å²) in [6.45, 7) is 7.11. The Hall–Kier alpha value is -2.03. The highest BCUT2D eigenvalue weighted by molar-refractivity contribution is 7.71. The molecule has 0 unspecified atom stereocenters. The third-order valence-electron chi connectivity index (χ3n) is 4.70. The fourth-order valence-electron chi connectivity index (χ4n) is 3.21. The van der Waals surface area contributed by atoms with Crippen molar-refractivity contribution in [3.8, 4) is 0 Å². The number of amides is 1. The molecule has 7 nitrogen and oxygen atoms in total. The van der Waals surface area contributed by atoms with Gasteiger partial charge >= 0.3 is 0 Å². The predicted molar refractivity (Wildman–Crippen MR) is 106 cm³/mol. The van der Waals surface area contributed by atoms with Gasteiger partial charge in [-0.15, -0.1) is 0 Å². The number of rotatable bonds is 8. The van der Waals surface area contributed by atoms with Crippen molar-refractivity contribution in [2.45, 2.75) is 39.4 Å². The Bertz CT molecular complexity index is 810. The van der Waals surface area contributed by atoms with Crippen LogP contribution in [0.3, 0.4) is 0 Å². The first-order chi connectivity index (χ1) is 13.2. The number of aryl methyl sites for hydroxylation is 1. The predicted octanol–water partition coefficient (Wildman–Crippen LogP) is 2.04. The molecule has 1 saturated heterocycles. The maximum Gasteiger partial charge on any atom is 0.240 e. The fraction of sp³-hybridized carbons (Fsp3) is 0.526. The van der Waals surface area contributed by atoms with Crippen LogP contribution in [-0.4, -0.2) is 51.9 Å². The van der Waals surface area contributed by atoms with E-state index in [4.69, 9.17) is 17.0 Å². The summed E-state index contributed by atoms with van der Waals surface area (Å²) < 4.78 is 7.67. The number of morpholine rings is 1. The van der Waals surface area contributed by atoms with Gasteiger partial charge in [-0.3, -0.25) is 19.4 Å². The van der Waals surface area contributed by atoms with Crippen molar-refractivity contribution in [1.82, 2.24) is 25.0 Å². The molecule has 27 heavy (non-hydrogen) atoms. The first kappa shape index (κ1) is 19.7. The third kappa shape index (κ3) is 5.47. The molecule has 0 aliphatic carbocycles. The van der Waals surface area contributed by atoms with E-state index in [1.807, 2.05) is 12.1 Å². The molecule has 2 aromatic rings. The Balaban J connectivity index is 1.59. The highest BCUT2D eigenvalue weighted by Crippen LogP contribution is 2.13. The summed E-state index contributed by atoms with van der Waals surface area (Å²) in [6.07, 6.45) is 1.75. The van der Waals surface area contributed by atoms with E-state index in [9.17, 15) is 4.79 Å². The topological polar surface area (TPSA) is 75.2 Å².